The minimum absolute atomic E-state index is 0.0776. The molecule has 0 amide bonds. The van der Waals surface area contributed by atoms with E-state index in [2.05, 4.69) is 36.9 Å². The number of carbonyl (C=O) groups is 1. The lowest BCUT2D eigenvalue weighted by atomic mass is 10.0. The van der Waals surface area contributed by atoms with Crippen LogP contribution in [0.4, 0.5) is 0 Å². The molecule has 1 aliphatic rings. The van der Waals surface area contributed by atoms with Crippen LogP contribution < -0.4 is 0 Å². The zero-order valence-electron chi connectivity index (χ0n) is 13.9. The van der Waals surface area contributed by atoms with Crippen LogP contribution in [0.25, 0.3) is 0 Å². The molecule has 1 heterocycles. The maximum atomic E-state index is 12.4. The van der Waals surface area contributed by atoms with Crippen molar-refractivity contribution in [3.05, 3.63) is 34.9 Å². The minimum Gasteiger partial charge on any atom is -0.459 e. The predicted octanol–water partition coefficient (Wildman–Crippen LogP) is 3.61. The van der Waals surface area contributed by atoms with Crippen LogP contribution in [0.3, 0.4) is 0 Å². The van der Waals surface area contributed by atoms with E-state index in [1.165, 1.54) is 16.7 Å². The number of rotatable bonds is 3. The molecule has 0 aliphatic carbocycles. The quantitative estimate of drug-likeness (QED) is 0.796. The lowest BCUT2D eigenvalue weighted by molar-refractivity contribution is -0.160. The molecule has 0 bridgehead atoms. The van der Waals surface area contributed by atoms with Gasteiger partial charge in [0, 0.05) is 6.54 Å². The molecule has 1 aromatic carbocycles. The van der Waals surface area contributed by atoms with Crippen molar-refractivity contribution in [2.45, 2.75) is 65.6 Å². The van der Waals surface area contributed by atoms with E-state index >= 15 is 0 Å². The van der Waals surface area contributed by atoms with Crippen LogP contribution in [-0.2, 0) is 16.1 Å². The Bertz CT molecular complexity index is 496. The molecule has 0 N–H and O–H groups in total. The Labute approximate surface area is 128 Å². The van der Waals surface area contributed by atoms with E-state index in [1.807, 2.05) is 20.8 Å². The summed E-state index contributed by atoms with van der Waals surface area (Å²) in [4.78, 5) is 14.6. The van der Waals surface area contributed by atoms with Crippen molar-refractivity contribution in [2.75, 3.05) is 6.54 Å². The summed E-state index contributed by atoms with van der Waals surface area (Å²) in [7, 11) is 0. The van der Waals surface area contributed by atoms with Crippen molar-refractivity contribution in [3.63, 3.8) is 0 Å². The first-order valence-electron chi connectivity index (χ1n) is 7.80. The van der Waals surface area contributed by atoms with Gasteiger partial charge in [-0.05, 0) is 70.7 Å². The Hall–Kier alpha value is -1.35. The highest BCUT2D eigenvalue weighted by Gasteiger charge is 2.34. The fourth-order valence-corrected chi connectivity index (χ4v) is 2.95. The van der Waals surface area contributed by atoms with Crippen molar-refractivity contribution in [1.82, 2.24) is 4.90 Å². The molecule has 0 unspecified atom stereocenters. The number of esters is 1. The van der Waals surface area contributed by atoms with Crippen molar-refractivity contribution in [2.24, 2.45) is 0 Å². The van der Waals surface area contributed by atoms with Crippen molar-refractivity contribution in [3.8, 4) is 0 Å². The number of likely N-dealkylation sites (tertiary alicyclic amines) is 1. The number of nitrogens with zero attached hydrogens (tertiary/aromatic N) is 1. The van der Waals surface area contributed by atoms with Gasteiger partial charge < -0.3 is 4.74 Å². The van der Waals surface area contributed by atoms with Gasteiger partial charge in [0.15, 0.2) is 0 Å². The van der Waals surface area contributed by atoms with Crippen molar-refractivity contribution >= 4 is 5.97 Å². The molecule has 1 aliphatic heterocycles. The molecule has 2 rings (SSSR count). The van der Waals surface area contributed by atoms with Crippen LogP contribution in [0.2, 0.25) is 0 Å². The monoisotopic (exact) mass is 289 g/mol. The van der Waals surface area contributed by atoms with Crippen LogP contribution >= 0.6 is 0 Å². The standard InChI is InChI=1S/C18H27NO2/c1-13-8-6-9-14(2)15(13)12-19-11-7-10-16(19)17(20)21-18(3,4)5/h6,8-9,16H,7,10-12H2,1-5H3/t16-/m1/s1. The van der Waals surface area contributed by atoms with Crippen LogP contribution in [0.5, 0.6) is 0 Å². The maximum Gasteiger partial charge on any atom is 0.323 e. The second-order valence-electron chi connectivity index (χ2n) is 7.03. The van der Waals surface area contributed by atoms with E-state index in [0.717, 1.165) is 25.9 Å². The molecule has 1 saturated heterocycles. The molecular weight excluding hydrogens is 262 g/mol. The molecule has 0 spiro atoms. The first-order chi connectivity index (χ1) is 9.78. The molecular formula is C18H27NO2. The van der Waals surface area contributed by atoms with E-state index in [0.29, 0.717) is 0 Å². The van der Waals surface area contributed by atoms with Gasteiger partial charge in [0.05, 0.1) is 0 Å². The second-order valence-corrected chi connectivity index (χ2v) is 7.03. The van der Waals surface area contributed by atoms with Gasteiger partial charge in [0.25, 0.3) is 0 Å². The van der Waals surface area contributed by atoms with E-state index in [-0.39, 0.29) is 12.0 Å². The topological polar surface area (TPSA) is 29.5 Å². The second kappa shape index (κ2) is 6.18. The molecule has 0 saturated carbocycles. The normalized spacial score (nSPS) is 19.8. The number of hydrogen-bond donors (Lipinski definition) is 0. The Kier molecular flexibility index (Phi) is 4.72. The fourth-order valence-electron chi connectivity index (χ4n) is 2.95. The first kappa shape index (κ1) is 16.0. The number of benzene rings is 1. The summed E-state index contributed by atoms with van der Waals surface area (Å²) in [5.41, 5.74) is 3.52. The summed E-state index contributed by atoms with van der Waals surface area (Å²) in [6.45, 7) is 11.9. The largest absolute Gasteiger partial charge is 0.459 e. The fraction of sp³-hybridized carbons (Fsp3) is 0.611. The summed E-state index contributed by atoms with van der Waals surface area (Å²) in [6.07, 6.45) is 1.97. The third-order valence-corrected chi connectivity index (χ3v) is 4.05. The van der Waals surface area contributed by atoms with Crippen molar-refractivity contribution in [1.29, 1.82) is 0 Å². The summed E-state index contributed by atoms with van der Waals surface area (Å²) >= 11 is 0. The lowest BCUT2D eigenvalue weighted by Crippen LogP contribution is -2.40. The van der Waals surface area contributed by atoms with Crippen LogP contribution in [0.1, 0.15) is 50.3 Å². The van der Waals surface area contributed by atoms with Gasteiger partial charge in [-0.15, -0.1) is 0 Å². The van der Waals surface area contributed by atoms with Crippen LogP contribution in [0.15, 0.2) is 18.2 Å². The molecule has 0 aromatic heterocycles. The van der Waals surface area contributed by atoms with Gasteiger partial charge in [0.1, 0.15) is 11.6 Å². The molecule has 1 fully saturated rings. The molecule has 3 nitrogen and oxygen atoms in total. The highest BCUT2D eigenvalue weighted by atomic mass is 16.6. The van der Waals surface area contributed by atoms with E-state index in [4.69, 9.17) is 4.74 Å². The third-order valence-electron chi connectivity index (χ3n) is 4.05. The van der Waals surface area contributed by atoms with Gasteiger partial charge in [-0.25, -0.2) is 0 Å². The summed E-state index contributed by atoms with van der Waals surface area (Å²) in [5.74, 6) is -0.0776. The molecule has 1 aromatic rings. The van der Waals surface area contributed by atoms with Crippen LogP contribution in [-0.4, -0.2) is 29.1 Å². The highest BCUT2D eigenvalue weighted by molar-refractivity contribution is 5.76. The van der Waals surface area contributed by atoms with Gasteiger partial charge >= 0.3 is 5.97 Å². The number of hydrogen-bond acceptors (Lipinski definition) is 3. The number of carbonyl (C=O) groups excluding carboxylic acids is 1. The lowest BCUT2D eigenvalue weighted by Gasteiger charge is -2.28. The zero-order valence-corrected chi connectivity index (χ0v) is 13.9. The minimum atomic E-state index is -0.413. The van der Waals surface area contributed by atoms with E-state index in [9.17, 15) is 4.79 Å². The SMILES string of the molecule is Cc1cccc(C)c1CN1CCC[C@@H]1C(=O)OC(C)(C)C. The summed E-state index contributed by atoms with van der Waals surface area (Å²) in [5, 5.41) is 0. The predicted molar refractivity (Wildman–Crippen MR) is 85.2 cm³/mol. The Morgan fingerprint density at radius 1 is 1.29 bits per heavy atom. The molecule has 116 valence electrons. The van der Waals surface area contributed by atoms with Gasteiger partial charge in [-0.1, -0.05) is 18.2 Å². The smallest absolute Gasteiger partial charge is 0.323 e. The third kappa shape index (κ3) is 4.07. The van der Waals surface area contributed by atoms with Crippen LogP contribution in [0, 0.1) is 13.8 Å². The Morgan fingerprint density at radius 2 is 1.90 bits per heavy atom. The number of ether oxygens (including phenoxy) is 1. The summed E-state index contributed by atoms with van der Waals surface area (Å²) < 4.78 is 5.57. The van der Waals surface area contributed by atoms with Gasteiger partial charge in [-0.3, -0.25) is 9.69 Å². The number of aryl methyl sites for hydroxylation is 2. The molecule has 1 atom stereocenters. The molecule has 3 heteroatoms. The van der Waals surface area contributed by atoms with E-state index in [1.54, 1.807) is 0 Å². The zero-order chi connectivity index (χ0) is 15.6. The van der Waals surface area contributed by atoms with E-state index < -0.39 is 5.60 Å². The summed E-state index contributed by atoms with van der Waals surface area (Å²) in [6, 6.07) is 6.27. The average Bonchev–Trinajstić information content (AvgIpc) is 2.80. The highest BCUT2D eigenvalue weighted by Crippen LogP contribution is 2.25. The average molecular weight is 289 g/mol. The first-order valence-corrected chi connectivity index (χ1v) is 7.80. The van der Waals surface area contributed by atoms with Gasteiger partial charge in [-0.2, -0.15) is 0 Å². The molecule has 0 radical (unpaired) electrons. The Balaban J connectivity index is 2.11. The van der Waals surface area contributed by atoms with Gasteiger partial charge in [0.2, 0.25) is 0 Å². The molecule has 21 heavy (non-hydrogen) atoms. The maximum absolute atomic E-state index is 12.4. The Morgan fingerprint density at radius 3 is 2.48 bits per heavy atom. The van der Waals surface area contributed by atoms with Crippen molar-refractivity contribution < 1.29 is 9.53 Å².